The van der Waals surface area contributed by atoms with Gasteiger partial charge in [-0.15, -0.1) is 34.0 Å². The number of carboxylic acids is 1. The van der Waals surface area contributed by atoms with Crippen molar-refractivity contribution in [1.82, 2.24) is 51.8 Å². The molecule has 0 unspecified atom stereocenters. The standard InChI is InChI=1S/C73H86FN11O12S3.H3N/c1-47-67(98-46-78-47)51-21-18-49(19-22-51)40-77-69(90)58-38-53(86)42-85(58)70(91)68(73(2,3)4)80-63(88)45-96-36-34-94-33-35-95-44-52(75)41-76-25-8-17-65(89)83-30-28-82(29-31-83)26-9-11-48-20-23-60(56(74)37-48)97-32-10-16-62-66(71(92)93)81-72(100-62)84-27-24-50-12-7-13-54(55(50)43-84)59(87)39-64-79-57-14-5-6-15-61(57)99-64;/h5-7,12-15,18-23,37,41,46,53,58,68,76,86H,8,10,16-17,24-36,38-40,42-45,75H2,1-4H3,(H,77,90)(H,80,88)(H,92,93);1H3/b52-41-;/t53-,58+,68-;/m1./s1. The monoisotopic (exact) mass is 1440 g/mol. The molecular formula is C73H89FN12O12S3. The van der Waals surface area contributed by atoms with Gasteiger partial charge in [0.2, 0.25) is 23.6 Å². The predicted octanol–water partition coefficient (Wildman–Crippen LogP) is 7.71. The summed E-state index contributed by atoms with van der Waals surface area (Å²) in [5, 5.41) is 30.9. The number of hydrogen-bond donors (Lipinski definition) is 7. The fourth-order valence-corrected chi connectivity index (χ4v) is 14.9. The molecule has 6 heterocycles. The molecule has 3 aromatic heterocycles. The van der Waals surface area contributed by atoms with Gasteiger partial charge in [-0.1, -0.05) is 87.2 Å². The van der Waals surface area contributed by atoms with Crippen molar-refractivity contribution >= 4 is 84.7 Å². The molecule has 0 bridgehead atoms. The maximum atomic E-state index is 15.2. The summed E-state index contributed by atoms with van der Waals surface area (Å²) in [4.78, 5) is 102. The molecule has 0 aliphatic carbocycles. The zero-order valence-corrected chi connectivity index (χ0v) is 59.9. The highest BCUT2D eigenvalue weighted by atomic mass is 32.1. The number of thiazole rings is 3. The van der Waals surface area contributed by atoms with E-state index in [2.05, 4.69) is 47.6 Å². The Morgan fingerprint density at radius 1 is 0.881 bits per heavy atom. The number of ether oxygens (including phenoxy) is 4. The number of Topliss-reactive ketones (excluding diaryl/α,β-unsaturated/α-hetero) is 1. The normalized spacial score (nSPS) is 15.9. The lowest BCUT2D eigenvalue weighted by Gasteiger charge is -2.35. The van der Waals surface area contributed by atoms with Crippen LogP contribution in [0.2, 0.25) is 0 Å². The lowest BCUT2D eigenvalue weighted by molar-refractivity contribution is -0.144. The molecule has 24 nitrogen and oxygen atoms in total. The molecule has 0 saturated carbocycles. The van der Waals surface area contributed by atoms with Crippen LogP contribution < -0.4 is 37.5 Å². The fourth-order valence-electron chi connectivity index (χ4n) is 12.0. The van der Waals surface area contributed by atoms with Crippen LogP contribution in [-0.4, -0.2) is 192 Å². The second-order valence-electron chi connectivity index (χ2n) is 25.9. The van der Waals surface area contributed by atoms with Gasteiger partial charge in [0.15, 0.2) is 28.2 Å². The smallest absolute Gasteiger partial charge is 0.355 e. The van der Waals surface area contributed by atoms with Crippen molar-refractivity contribution in [2.45, 2.75) is 104 Å². The van der Waals surface area contributed by atoms with Crippen molar-refractivity contribution in [1.29, 1.82) is 0 Å². The van der Waals surface area contributed by atoms with Crippen molar-refractivity contribution in [3.63, 3.8) is 0 Å². The predicted molar refractivity (Wildman–Crippen MR) is 387 cm³/mol. The molecule has 0 radical (unpaired) electrons. The first kappa shape index (κ1) is 76.4. The number of rotatable bonds is 32. The van der Waals surface area contributed by atoms with Crippen LogP contribution in [0.5, 0.6) is 5.75 Å². The van der Waals surface area contributed by atoms with E-state index in [0.29, 0.717) is 111 Å². The molecule has 3 aliphatic heterocycles. The number of aryl methyl sites for hydroxylation is 2. The molecular weight excluding hydrogens is 1350 g/mol. The molecule has 0 spiro atoms. The van der Waals surface area contributed by atoms with E-state index in [9.17, 15) is 39.0 Å². The van der Waals surface area contributed by atoms with Gasteiger partial charge in [-0.25, -0.2) is 24.1 Å². The van der Waals surface area contributed by atoms with E-state index >= 15 is 4.39 Å². The first-order valence-corrected chi connectivity index (χ1v) is 36.1. The number of carbonyl (C=O) groups excluding carboxylic acids is 5. The van der Waals surface area contributed by atoms with Crippen LogP contribution in [0.25, 0.3) is 20.7 Å². The SMILES string of the molecule is Cc1ncsc1-c1ccc(CNC(=O)[C@@H]2C[C@@H](O)CN2C(=O)[C@@H](NC(=O)COCCOCCOC/C(N)=C/NCCCC(=O)N2CCN(CC#Cc3ccc(OCCCc4sc(N5CCc6cccc(C(=O)Cc7nc8ccccc8s7)c6C5)nc4C(=O)O)c(F)c3)CC2)C(C)(C)C)cc1.N. The Hall–Kier alpha value is -8.76. The summed E-state index contributed by atoms with van der Waals surface area (Å²) in [5.41, 5.74) is 14.5. The number of carbonyl (C=O) groups is 6. The minimum Gasteiger partial charge on any atom is -0.491 e. The number of carboxylic acid groups (broad SMARTS) is 1. The van der Waals surface area contributed by atoms with Gasteiger partial charge in [-0.3, -0.25) is 28.9 Å². The number of hydrogen-bond acceptors (Lipinski definition) is 22. The summed E-state index contributed by atoms with van der Waals surface area (Å²) < 4.78 is 38.8. The van der Waals surface area contributed by atoms with Crippen molar-refractivity contribution < 1.29 is 62.3 Å². The van der Waals surface area contributed by atoms with E-state index in [1.807, 2.05) is 104 Å². The number of aliphatic hydroxyl groups excluding tert-OH is 1. The quantitative estimate of drug-likeness (QED) is 0.0121. The summed E-state index contributed by atoms with van der Waals surface area (Å²) in [6.45, 7) is 12.9. The number of aromatic nitrogens is 3. The van der Waals surface area contributed by atoms with Crippen LogP contribution in [0.1, 0.15) is 105 Å². The number of benzene rings is 4. The first-order valence-electron chi connectivity index (χ1n) is 33.6. The van der Waals surface area contributed by atoms with E-state index in [0.717, 1.165) is 48.0 Å². The average Bonchev–Trinajstić information content (AvgIpc) is 1.72. The maximum Gasteiger partial charge on any atom is 0.355 e. The Morgan fingerprint density at radius 2 is 1.64 bits per heavy atom. The Bertz CT molecular complexity index is 4070. The number of halogens is 1. The molecule has 101 heavy (non-hydrogen) atoms. The molecule has 538 valence electrons. The number of aliphatic hydroxyl groups is 1. The maximum absolute atomic E-state index is 15.2. The largest absolute Gasteiger partial charge is 0.491 e. The third kappa shape index (κ3) is 21.4. The van der Waals surface area contributed by atoms with Gasteiger partial charge in [0.25, 0.3) is 0 Å². The van der Waals surface area contributed by atoms with Crippen molar-refractivity contribution in [2.75, 3.05) is 104 Å². The van der Waals surface area contributed by atoms with Crippen LogP contribution in [0.3, 0.4) is 0 Å². The highest BCUT2D eigenvalue weighted by molar-refractivity contribution is 7.18. The number of nitrogens with one attached hydrogen (secondary N) is 3. The number of amides is 4. The number of ketones is 1. The molecule has 7 aromatic rings. The summed E-state index contributed by atoms with van der Waals surface area (Å²) in [5.74, 6) is 3.25. The zero-order chi connectivity index (χ0) is 70.7. The minimum absolute atomic E-state index is 0. The van der Waals surface area contributed by atoms with Gasteiger partial charge in [0, 0.05) is 93.9 Å². The molecule has 2 fully saturated rings. The number of fused-ring (bicyclic) bond motifs is 2. The molecule has 10 N–H and O–H groups in total. The number of nitrogens with zero attached hydrogens (tertiary/aromatic N) is 7. The van der Waals surface area contributed by atoms with Gasteiger partial charge in [-0.2, -0.15) is 0 Å². The molecule has 10 rings (SSSR count). The lowest BCUT2D eigenvalue weighted by atomic mass is 9.85. The van der Waals surface area contributed by atoms with E-state index in [4.69, 9.17) is 24.7 Å². The molecule has 3 atom stereocenters. The third-order valence-corrected chi connectivity index (χ3v) is 20.5. The summed E-state index contributed by atoms with van der Waals surface area (Å²) in [7, 11) is 0. The summed E-state index contributed by atoms with van der Waals surface area (Å²) in [6.07, 6.45) is 3.49. The highest BCUT2D eigenvalue weighted by Gasteiger charge is 2.44. The van der Waals surface area contributed by atoms with Gasteiger partial charge in [0.1, 0.15) is 23.7 Å². The number of β-amino-alcohol motifs (C(OH)–C–C–N with tert-alkyl or cyclic N) is 1. The van der Waals surface area contributed by atoms with Crippen LogP contribution in [0.15, 0.2) is 102 Å². The van der Waals surface area contributed by atoms with Gasteiger partial charge < -0.3 is 71.7 Å². The lowest BCUT2D eigenvalue weighted by Crippen LogP contribution is -2.58. The number of piperazine rings is 1. The topological polar surface area (TPSA) is 329 Å². The van der Waals surface area contributed by atoms with Crippen molar-refractivity contribution in [3.05, 3.63) is 157 Å². The number of anilines is 1. The Kier molecular flexibility index (Phi) is 27.8. The van der Waals surface area contributed by atoms with Crippen molar-refractivity contribution in [2.24, 2.45) is 11.1 Å². The van der Waals surface area contributed by atoms with Crippen LogP contribution in [-0.2, 0) is 65.7 Å². The van der Waals surface area contributed by atoms with E-state index in [-0.39, 0.29) is 107 Å². The molecule has 3 aliphatic rings. The highest BCUT2D eigenvalue weighted by Crippen LogP contribution is 2.35. The fraction of sp³-hybridized carbons (Fsp3) is 0.438. The Balaban J connectivity index is 0.0000119. The molecule has 4 aromatic carbocycles. The first-order chi connectivity index (χ1) is 48.2. The third-order valence-electron chi connectivity index (χ3n) is 17.3. The van der Waals surface area contributed by atoms with Crippen LogP contribution in [0.4, 0.5) is 9.52 Å². The molecule has 2 saturated heterocycles. The van der Waals surface area contributed by atoms with Gasteiger partial charge >= 0.3 is 5.97 Å². The van der Waals surface area contributed by atoms with Gasteiger partial charge in [-0.05, 0) is 90.6 Å². The number of likely N-dealkylation sites (tertiary alicyclic amines) is 1. The zero-order valence-electron chi connectivity index (χ0n) is 57.4. The Labute approximate surface area is 599 Å². The van der Waals surface area contributed by atoms with Gasteiger partial charge in [0.05, 0.1) is 90.7 Å². The van der Waals surface area contributed by atoms with Crippen molar-refractivity contribution in [3.8, 4) is 28.0 Å². The second kappa shape index (κ2) is 36.7. The summed E-state index contributed by atoms with van der Waals surface area (Å²) >= 11 is 4.39. The number of aromatic carboxylic acids is 1. The minimum atomic E-state index is -1.13. The van der Waals surface area contributed by atoms with E-state index in [1.165, 1.54) is 33.6 Å². The van der Waals surface area contributed by atoms with Crippen LogP contribution in [0, 0.1) is 30.0 Å². The summed E-state index contributed by atoms with van der Waals surface area (Å²) in [6, 6.07) is 24.1. The number of nitrogens with two attached hydrogens (primary N) is 1. The molecule has 28 heteroatoms. The average molecular weight is 1440 g/mol. The molecule has 4 amide bonds. The number of para-hydroxylation sites is 1. The van der Waals surface area contributed by atoms with E-state index < -0.39 is 47.2 Å². The van der Waals surface area contributed by atoms with Crippen LogP contribution >= 0.6 is 34.0 Å². The van der Waals surface area contributed by atoms with E-state index in [1.54, 1.807) is 35.2 Å². The second-order valence-corrected chi connectivity index (χ2v) is 28.9. The Morgan fingerprint density at radius 3 is 2.38 bits per heavy atom.